The van der Waals surface area contributed by atoms with Crippen molar-refractivity contribution in [2.45, 2.75) is 31.7 Å². The van der Waals surface area contributed by atoms with Gasteiger partial charge in [-0.1, -0.05) is 55.5 Å². The Morgan fingerprint density at radius 3 is 2.18 bits per heavy atom. The zero-order valence-corrected chi connectivity index (χ0v) is 19.9. The molecule has 2 aromatic carbocycles. The van der Waals surface area contributed by atoms with Gasteiger partial charge in [-0.25, -0.2) is 9.59 Å². The first-order valence-electron chi connectivity index (χ1n) is 11.5. The molecule has 0 aliphatic heterocycles. The molecule has 3 N–H and O–H groups in total. The van der Waals surface area contributed by atoms with E-state index >= 15 is 0 Å². The topological polar surface area (TPSA) is 108 Å². The van der Waals surface area contributed by atoms with Crippen molar-refractivity contribution in [3.63, 3.8) is 0 Å². The second-order valence-electron chi connectivity index (χ2n) is 9.07. The first-order valence-corrected chi connectivity index (χ1v) is 11.5. The van der Waals surface area contributed by atoms with Crippen LogP contribution in [-0.4, -0.2) is 67.8 Å². The van der Waals surface area contributed by atoms with E-state index in [1.165, 1.54) is 11.1 Å². The molecule has 1 aliphatic carbocycles. The number of fused-ring (bicyclic) bond motifs is 3. The highest BCUT2D eigenvalue weighted by Gasteiger charge is 2.29. The van der Waals surface area contributed by atoms with Gasteiger partial charge in [0.05, 0.1) is 0 Å². The number of nitrogens with zero attached hydrogens (tertiary/aromatic N) is 1. The number of ether oxygens (including phenoxy) is 1. The first-order chi connectivity index (χ1) is 16.3. The van der Waals surface area contributed by atoms with Gasteiger partial charge < -0.3 is 25.4 Å². The van der Waals surface area contributed by atoms with Crippen LogP contribution >= 0.6 is 0 Å². The van der Waals surface area contributed by atoms with E-state index in [0.717, 1.165) is 11.1 Å². The molecular weight excluding hydrogens is 434 g/mol. The molecule has 0 spiro atoms. The summed E-state index contributed by atoms with van der Waals surface area (Å²) in [5.74, 6) is -1.35. The van der Waals surface area contributed by atoms with Gasteiger partial charge >= 0.3 is 12.1 Å². The van der Waals surface area contributed by atoms with Crippen LogP contribution in [0, 0.1) is 5.92 Å². The summed E-state index contributed by atoms with van der Waals surface area (Å²) in [6.07, 6.45) is 0.212. The molecule has 0 aromatic heterocycles. The normalized spacial score (nSPS) is 14.1. The van der Waals surface area contributed by atoms with Crippen molar-refractivity contribution in [3.8, 4) is 11.1 Å². The summed E-state index contributed by atoms with van der Waals surface area (Å²) < 4.78 is 5.53. The number of amides is 2. The molecule has 0 radical (unpaired) electrons. The lowest BCUT2D eigenvalue weighted by Gasteiger charge is -2.19. The highest BCUT2D eigenvalue weighted by Crippen LogP contribution is 2.44. The molecule has 3 rings (SSSR count). The number of carbonyl (C=O) groups excluding carboxylic acids is 2. The number of alkyl carbamates (subject to hydrolysis) is 1. The highest BCUT2D eigenvalue weighted by atomic mass is 16.5. The monoisotopic (exact) mass is 467 g/mol. The highest BCUT2D eigenvalue weighted by molar-refractivity contribution is 5.83. The molecule has 2 atom stereocenters. The average Bonchev–Trinajstić information content (AvgIpc) is 3.13. The van der Waals surface area contributed by atoms with E-state index in [-0.39, 0.29) is 37.3 Å². The van der Waals surface area contributed by atoms with Gasteiger partial charge in [-0.3, -0.25) is 4.79 Å². The summed E-state index contributed by atoms with van der Waals surface area (Å²) in [4.78, 5) is 37.4. The van der Waals surface area contributed by atoms with Gasteiger partial charge in [0.15, 0.2) is 0 Å². The Morgan fingerprint density at radius 1 is 1.03 bits per heavy atom. The smallest absolute Gasteiger partial charge is 0.407 e. The molecule has 8 nitrogen and oxygen atoms in total. The third-order valence-corrected chi connectivity index (χ3v) is 5.98. The van der Waals surface area contributed by atoms with Crippen LogP contribution in [0.3, 0.4) is 0 Å². The number of aliphatic carboxylic acids is 1. The summed E-state index contributed by atoms with van der Waals surface area (Å²) in [7, 11) is 3.50. The van der Waals surface area contributed by atoms with E-state index in [2.05, 4.69) is 34.9 Å². The molecule has 2 unspecified atom stereocenters. The van der Waals surface area contributed by atoms with E-state index in [1.54, 1.807) is 19.0 Å². The maximum atomic E-state index is 12.3. The Hall–Kier alpha value is -3.39. The van der Waals surface area contributed by atoms with Crippen LogP contribution in [-0.2, 0) is 14.3 Å². The zero-order chi connectivity index (χ0) is 24.7. The van der Waals surface area contributed by atoms with Crippen molar-refractivity contribution < 1.29 is 24.2 Å². The van der Waals surface area contributed by atoms with Gasteiger partial charge in [0, 0.05) is 25.4 Å². The van der Waals surface area contributed by atoms with Crippen molar-refractivity contribution in [2.75, 3.05) is 33.8 Å². The van der Waals surface area contributed by atoms with Crippen molar-refractivity contribution >= 4 is 18.0 Å². The lowest BCUT2D eigenvalue weighted by Crippen LogP contribution is -2.47. The lowest BCUT2D eigenvalue weighted by atomic mass is 9.98. The maximum absolute atomic E-state index is 12.3. The molecule has 1 aliphatic rings. The summed E-state index contributed by atoms with van der Waals surface area (Å²) in [6.45, 7) is 2.76. The summed E-state index contributed by atoms with van der Waals surface area (Å²) in [5, 5.41) is 14.5. The van der Waals surface area contributed by atoms with E-state index in [1.807, 2.05) is 31.2 Å². The maximum Gasteiger partial charge on any atom is 0.407 e. The van der Waals surface area contributed by atoms with Crippen LogP contribution < -0.4 is 10.6 Å². The Kier molecular flexibility index (Phi) is 8.65. The fraction of sp³-hybridized carbons (Fsp3) is 0.423. The number of benzene rings is 2. The number of hydrogen-bond donors (Lipinski definition) is 3. The minimum atomic E-state index is -1.06. The minimum absolute atomic E-state index is 0.00335. The molecule has 0 heterocycles. The Bertz CT molecular complexity index is 978. The van der Waals surface area contributed by atoms with Crippen molar-refractivity contribution in [3.05, 3.63) is 59.7 Å². The van der Waals surface area contributed by atoms with Crippen molar-refractivity contribution in [2.24, 2.45) is 5.92 Å². The summed E-state index contributed by atoms with van der Waals surface area (Å²) >= 11 is 0. The zero-order valence-electron chi connectivity index (χ0n) is 19.9. The molecule has 182 valence electrons. The molecule has 2 aromatic rings. The predicted octanol–water partition coefficient (Wildman–Crippen LogP) is 3.07. The Morgan fingerprint density at radius 2 is 1.62 bits per heavy atom. The third kappa shape index (κ3) is 6.57. The van der Waals surface area contributed by atoms with Gasteiger partial charge in [-0.2, -0.15) is 0 Å². The molecule has 34 heavy (non-hydrogen) atoms. The van der Waals surface area contributed by atoms with E-state index in [0.29, 0.717) is 13.0 Å². The molecule has 0 saturated heterocycles. The van der Waals surface area contributed by atoms with Gasteiger partial charge in [0.2, 0.25) is 5.91 Å². The second-order valence-corrected chi connectivity index (χ2v) is 9.07. The standard InChI is InChI=1S/C26H33N3O5/c1-17(12-13-24(30)28-23(25(31)32)15-29(2)3)14-27-26(33)34-16-22-20-10-6-4-8-18(20)19-9-5-7-11-21(19)22/h4-11,17,22-23H,12-16H2,1-3H3,(H,27,33)(H,28,30)(H,31,32). The van der Waals surface area contributed by atoms with E-state index < -0.39 is 18.1 Å². The largest absolute Gasteiger partial charge is 0.480 e. The van der Waals surface area contributed by atoms with Crippen LogP contribution in [0.25, 0.3) is 11.1 Å². The van der Waals surface area contributed by atoms with Crippen molar-refractivity contribution in [1.29, 1.82) is 0 Å². The Balaban J connectivity index is 1.42. The number of rotatable bonds is 11. The average molecular weight is 468 g/mol. The van der Waals surface area contributed by atoms with Crippen LogP contribution in [0.5, 0.6) is 0 Å². The quantitative estimate of drug-likeness (QED) is 0.469. The fourth-order valence-electron chi connectivity index (χ4n) is 4.20. The van der Waals surface area contributed by atoms with Gasteiger partial charge in [0.25, 0.3) is 0 Å². The summed E-state index contributed by atoms with van der Waals surface area (Å²) in [5.41, 5.74) is 4.67. The molecule has 0 saturated carbocycles. The number of nitrogens with one attached hydrogen (secondary N) is 2. The Labute approximate surface area is 200 Å². The number of carboxylic acid groups (broad SMARTS) is 1. The number of carbonyl (C=O) groups is 3. The van der Waals surface area contributed by atoms with Crippen LogP contribution in [0.15, 0.2) is 48.5 Å². The van der Waals surface area contributed by atoms with Crippen LogP contribution in [0.2, 0.25) is 0 Å². The third-order valence-electron chi connectivity index (χ3n) is 5.98. The number of carboxylic acids is 1. The van der Waals surface area contributed by atoms with E-state index in [4.69, 9.17) is 4.74 Å². The minimum Gasteiger partial charge on any atom is -0.480 e. The molecule has 0 bridgehead atoms. The van der Waals surface area contributed by atoms with Crippen LogP contribution in [0.1, 0.15) is 36.8 Å². The lowest BCUT2D eigenvalue weighted by molar-refractivity contribution is -0.142. The van der Waals surface area contributed by atoms with Gasteiger partial charge in [-0.05, 0) is 48.7 Å². The molecule has 2 amide bonds. The van der Waals surface area contributed by atoms with Crippen LogP contribution in [0.4, 0.5) is 4.79 Å². The second kappa shape index (κ2) is 11.7. The van der Waals surface area contributed by atoms with Gasteiger partial charge in [0.1, 0.15) is 12.6 Å². The van der Waals surface area contributed by atoms with E-state index in [9.17, 15) is 19.5 Å². The number of hydrogen-bond acceptors (Lipinski definition) is 5. The molecular formula is C26H33N3O5. The summed E-state index contributed by atoms with van der Waals surface area (Å²) in [6, 6.07) is 15.4. The number of likely N-dealkylation sites (N-methyl/N-ethyl adjacent to an activating group) is 1. The predicted molar refractivity (Wildman–Crippen MR) is 130 cm³/mol. The fourth-order valence-corrected chi connectivity index (χ4v) is 4.20. The SMILES string of the molecule is CC(CCC(=O)NC(CN(C)C)C(=O)O)CNC(=O)OCC1c2ccccc2-c2ccccc21. The molecule has 8 heteroatoms. The molecule has 0 fully saturated rings. The first kappa shape index (κ1) is 25.2. The van der Waals surface area contributed by atoms with Crippen molar-refractivity contribution in [1.82, 2.24) is 15.5 Å². The van der Waals surface area contributed by atoms with Gasteiger partial charge in [-0.15, -0.1) is 0 Å².